The first kappa shape index (κ1) is 16.5. The number of nitrogens with zero attached hydrogens (tertiary/aromatic N) is 2. The average Bonchev–Trinajstić information content (AvgIpc) is 3.18. The lowest BCUT2D eigenvalue weighted by atomic mass is 10.2. The fourth-order valence-corrected chi connectivity index (χ4v) is 3.50. The van der Waals surface area contributed by atoms with Crippen molar-refractivity contribution in [2.45, 2.75) is 19.1 Å². The lowest BCUT2D eigenvalue weighted by molar-refractivity contribution is 0.176. The van der Waals surface area contributed by atoms with Gasteiger partial charge in [-0.2, -0.15) is 5.10 Å². The van der Waals surface area contributed by atoms with Crippen LogP contribution in [0.15, 0.2) is 42.7 Å². The number of aromatic nitrogens is 2. The van der Waals surface area contributed by atoms with Gasteiger partial charge in [-0.15, -0.1) is 11.3 Å². The molecular weight excluding hydrogens is 324 g/mol. The molecule has 0 fully saturated rings. The third-order valence-corrected chi connectivity index (χ3v) is 5.02. The summed E-state index contributed by atoms with van der Waals surface area (Å²) in [6, 6.07) is 9.47. The van der Waals surface area contributed by atoms with E-state index in [0.29, 0.717) is 0 Å². The molecule has 0 radical (unpaired) electrons. The maximum atomic E-state index is 12.0. The molecule has 1 aromatic carbocycles. The monoisotopic (exact) mass is 344 g/mol. The number of hydrogen-bond donors (Lipinski definition) is 3. The normalized spacial score (nSPS) is 13.6. The smallest absolute Gasteiger partial charge is 0.315 e. The topological polar surface area (TPSA) is 79.2 Å². The third kappa shape index (κ3) is 3.74. The predicted octanol–water partition coefficient (Wildman–Crippen LogP) is 2.73. The van der Waals surface area contributed by atoms with E-state index in [1.807, 2.05) is 50.5 Å². The largest absolute Gasteiger partial charge is 0.386 e. The summed E-state index contributed by atoms with van der Waals surface area (Å²) in [7, 11) is 1.83. The van der Waals surface area contributed by atoms with E-state index in [1.54, 1.807) is 10.9 Å². The number of benzene rings is 1. The molecule has 2 atom stereocenters. The summed E-state index contributed by atoms with van der Waals surface area (Å²) in [4.78, 5) is 12.8. The van der Waals surface area contributed by atoms with Crippen LogP contribution in [0.5, 0.6) is 0 Å². The second kappa shape index (κ2) is 7.02. The van der Waals surface area contributed by atoms with E-state index in [2.05, 4.69) is 15.7 Å². The highest BCUT2D eigenvalue weighted by Crippen LogP contribution is 2.29. The van der Waals surface area contributed by atoms with Crippen LogP contribution in [0.25, 0.3) is 10.1 Å². The van der Waals surface area contributed by atoms with Crippen molar-refractivity contribution >= 4 is 27.5 Å². The van der Waals surface area contributed by atoms with Crippen molar-refractivity contribution in [3.63, 3.8) is 0 Å². The van der Waals surface area contributed by atoms with Crippen LogP contribution >= 0.6 is 11.3 Å². The fraction of sp³-hybridized carbons (Fsp3) is 0.294. The molecule has 6 nitrogen and oxygen atoms in total. The molecule has 7 heteroatoms. The van der Waals surface area contributed by atoms with Crippen molar-refractivity contribution in [2.24, 2.45) is 7.05 Å². The summed E-state index contributed by atoms with van der Waals surface area (Å²) in [6.45, 7) is 2.05. The van der Waals surface area contributed by atoms with Crippen LogP contribution in [0.2, 0.25) is 0 Å². The van der Waals surface area contributed by atoms with Crippen LogP contribution in [0.1, 0.15) is 29.5 Å². The number of urea groups is 1. The van der Waals surface area contributed by atoms with Gasteiger partial charge >= 0.3 is 6.03 Å². The molecule has 24 heavy (non-hydrogen) atoms. The number of hydrogen-bond acceptors (Lipinski definition) is 4. The Morgan fingerprint density at radius 2 is 2.21 bits per heavy atom. The van der Waals surface area contributed by atoms with Crippen molar-refractivity contribution in [2.75, 3.05) is 6.54 Å². The first-order valence-corrected chi connectivity index (χ1v) is 8.54. The minimum atomic E-state index is -0.721. The number of nitrogens with one attached hydrogen (secondary N) is 2. The number of aliphatic hydroxyl groups is 1. The molecule has 3 rings (SSSR count). The van der Waals surface area contributed by atoms with Gasteiger partial charge in [-0.3, -0.25) is 4.68 Å². The van der Waals surface area contributed by atoms with E-state index in [9.17, 15) is 9.90 Å². The standard InChI is InChI=1S/C17H20N4O2S/c1-11(13-8-19-21(2)10-13)20-17(23)18-9-14(22)16-7-12-5-3-4-6-15(12)24-16/h3-8,10-11,14,22H,9H2,1-2H3,(H2,18,20,23). The highest BCUT2D eigenvalue weighted by atomic mass is 32.1. The van der Waals surface area contributed by atoms with Crippen LogP contribution in [-0.2, 0) is 7.05 Å². The quantitative estimate of drug-likeness (QED) is 0.666. The number of amides is 2. The van der Waals surface area contributed by atoms with Gasteiger partial charge < -0.3 is 15.7 Å². The molecule has 0 saturated heterocycles. The van der Waals surface area contributed by atoms with Crippen molar-refractivity contribution in [1.29, 1.82) is 0 Å². The van der Waals surface area contributed by atoms with E-state index >= 15 is 0 Å². The van der Waals surface area contributed by atoms with Gasteiger partial charge in [0, 0.05) is 28.4 Å². The predicted molar refractivity (Wildman–Crippen MR) is 94.9 cm³/mol. The van der Waals surface area contributed by atoms with Gasteiger partial charge in [0.05, 0.1) is 18.8 Å². The zero-order chi connectivity index (χ0) is 17.1. The molecular formula is C17H20N4O2S. The summed E-state index contributed by atoms with van der Waals surface area (Å²) < 4.78 is 2.82. The molecule has 0 aliphatic carbocycles. The van der Waals surface area contributed by atoms with Crippen LogP contribution in [0, 0.1) is 0 Å². The van der Waals surface area contributed by atoms with Gasteiger partial charge in [0.1, 0.15) is 6.10 Å². The molecule has 2 heterocycles. The van der Waals surface area contributed by atoms with Crippen molar-refractivity contribution in [1.82, 2.24) is 20.4 Å². The van der Waals surface area contributed by atoms with Gasteiger partial charge in [-0.05, 0) is 24.4 Å². The molecule has 0 saturated carbocycles. The van der Waals surface area contributed by atoms with E-state index in [-0.39, 0.29) is 18.6 Å². The molecule has 2 amide bonds. The summed E-state index contributed by atoms with van der Waals surface area (Å²) in [5, 5.41) is 21.0. The number of aryl methyl sites for hydroxylation is 1. The van der Waals surface area contributed by atoms with Gasteiger partial charge in [-0.25, -0.2) is 4.79 Å². The summed E-state index contributed by atoms with van der Waals surface area (Å²) in [6.07, 6.45) is 2.86. The Balaban J connectivity index is 1.53. The molecule has 0 aliphatic heterocycles. The zero-order valence-electron chi connectivity index (χ0n) is 13.6. The Bertz CT molecular complexity index is 809. The number of thiophene rings is 1. The Morgan fingerprint density at radius 1 is 1.42 bits per heavy atom. The number of rotatable bonds is 5. The minimum Gasteiger partial charge on any atom is -0.386 e. The Hall–Kier alpha value is -2.38. The first-order valence-electron chi connectivity index (χ1n) is 7.72. The van der Waals surface area contributed by atoms with Gasteiger partial charge in [0.15, 0.2) is 0 Å². The third-order valence-electron chi connectivity index (χ3n) is 3.80. The Kier molecular flexibility index (Phi) is 4.82. The van der Waals surface area contributed by atoms with E-state index in [4.69, 9.17) is 0 Å². The summed E-state index contributed by atoms with van der Waals surface area (Å²) in [5.41, 5.74) is 0.928. The second-order valence-corrected chi connectivity index (χ2v) is 6.84. The summed E-state index contributed by atoms with van der Waals surface area (Å²) >= 11 is 1.54. The van der Waals surface area contributed by atoms with E-state index in [0.717, 1.165) is 20.5 Å². The Morgan fingerprint density at radius 3 is 2.92 bits per heavy atom. The lowest BCUT2D eigenvalue weighted by Gasteiger charge is -2.15. The van der Waals surface area contributed by atoms with E-state index in [1.165, 1.54) is 11.3 Å². The number of fused-ring (bicyclic) bond motifs is 1. The first-order chi connectivity index (χ1) is 11.5. The molecule has 0 spiro atoms. The van der Waals surface area contributed by atoms with Crippen LogP contribution in [0.3, 0.4) is 0 Å². The molecule has 2 aromatic heterocycles. The minimum absolute atomic E-state index is 0.153. The molecule has 3 aromatic rings. The highest BCUT2D eigenvalue weighted by Gasteiger charge is 2.15. The number of aliphatic hydroxyl groups excluding tert-OH is 1. The Labute approximate surface area is 144 Å². The maximum absolute atomic E-state index is 12.0. The molecule has 3 N–H and O–H groups in total. The molecule has 0 bridgehead atoms. The second-order valence-electron chi connectivity index (χ2n) is 5.73. The molecule has 126 valence electrons. The zero-order valence-corrected chi connectivity index (χ0v) is 14.4. The number of carbonyl (C=O) groups is 1. The number of carbonyl (C=O) groups excluding carboxylic acids is 1. The van der Waals surface area contributed by atoms with Gasteiger partial charge in [0.25, 0.3) is 0 Å². The average molecular weight is 344 g/mol. The van der Waals surface area contributed by atoms with Crippen molar-refractivity contribution < 1.29 is 9.90 Å². The van der Waals surface area contributed by atoms with Crippen molar-refractivity contribution in [3.8, 4) is 0 Å². The lowest BCUT2D eigenvalue weighted by Crippen LogP contribution is -2.38. The highest BCUT2D eigenvalue weighted by molar-refractivity contribution is 7.19. The van der Waals surface area contributed by atoms with Gasteiger partial charge in [0.2, 0.25) is 0 Å². The molecule has 2 unspecified atom stereocenters. The van der Waals surface area contributed by atoms with E-state index < -0.39 is 6.10 Å². The fourth-order valence-electron chi connectivity index (χ4n) is 2.45. The van der Waals surface area contributed by atoms with Gasteiger partial charge in [-0.1, -0.05) is 18.2 Å². The van der Waals surface area contributed by atoms with Crippen LogP contribution in [0.4, 0.5) is 4.79 Å². The SMILES string of the molecule is CC(NC(=O)NCC(O)c1cc2ccccc2s1)c1cnn(C)c1. The van der Waals surface area contributed by atoms with Crippen LogP contribution < -0.4 is 10.6 Å². The van der Waals surface area contributed by atoms with Crippen molar-refractivity contribution in [3.05, 3.63) is 53.2 Å². The van der Waals surface area contributed by atoms with Crippen LogP contribution in [-0.4, -0.2) is 27.5 Å². The summed E-state index contributed by atoms with van der Waals surface area (Å²) in [5.74, 6) is 0. The maximum Gasteiger partial charge on any atom is 0.315 e. The molecule has 0 aliphatic rings.